The Bertz CT molecular complexity index is 1240. The van der Waals surface area contributed by atoms with Gasteiger partial charge in [0.25, 0.3) is 5.79 Å². The molecule has 0 bridgehead atoms. The number of benzene rings is 2. The third kappa shape index (κ3) is 8.83. The van der Waals surface area contributed by atoms with Gasteiger partial charge in [-0.2, -0.15) is 0 Å². The fourth-order valence-corrected chi connectivity index (χ4v) is 5.38. The highest BCUT2D eigenvalue weighted by Crippen LogP contribution is 2.32. The van der Waals surface area contributed by atoms with E-state index in [0.29, 0.717) is 18.1 Å². The van der Waals surface area contributed by atoms with Crippen molar-refractivity contribution in [3.8, 4) is 0 Å². The van der Waals surface area contributed by atoms with Gasteiger partial charge in [-0.1, -0.05) is 71.7 Å². The van der Waals surface area contributed by atoms with Crippen LogP contribution in [0.4, 0.5) is 11.4 Å². The normalized spacial score (nSPS) is 16.6. The predicted molar refractivity (Wildman–Crippen MR) is 171 cm³/mol. The Balaban J connectivity index is 2.16. The standard InChI is InChI=1S/C35H51N3O4/c1-11-13-14-27(12-2)38(23-26-17-15-25(16-18-26)22-34(4,5)6)31(30-32(39)41-35(7,8)42-33(30)40)36-29-20-19-28(37(9)10)21-24(29)3/h15-21,27,30H,11-14,22-23H2,1-10H3. The molecule has 1 saturated heterocycles. The highest BCUT2D eigenvalue weighted by atomic mass is 16.7. The maximum atomic E-state index is 13.5. The highest BCUT2D eigenvalue weighted by molar-refractivity contribution is 6.17. The van der Waals surface area contributed by atoms with Crippen molar-refractivity contribution < 1.29 is 19.1 Å². The number of unbranched alkanes of at least 4 members (excludes halogenated alkanes) is 1. The summed E-state index contributed by atoms with van der Waals surface area (Å²) < 4.78 is 11.2. The molecule has 0 aromatic heterocycles. The number of anilines is 1. The zero-order chi connectivity index (χ0) is 31.2. The molecule has 1 atom stereocenters. The molecule has 3 rings (SSSR count). The number of nitrogens with zero attached hydrogens (tertiary/aromatic N) is 3. The molecule has 1 heterocycles. The van der Waals surface area contributed by atoms with Gasteiger partial charge in [0, 0.05) is 46.2 Å². The van der Waals surface area contributed by atoms with E-state index in [9.17, 15) is 9.59 Å². The van der Waals surface area contributed by atoms with Gasteiger partial charge in [0.1, 0.15) is 5.84 Å². The lowest BCUT2D eigenvalue weighted by atomic mass is 9.88. The van der Waals surface area contributed by atoms with E-state index in [1.165, 1.54) is 5.56 Å². The summed E-state index contributed by atoms with van der Waals surface area (Å²) >= 11 is 0. The number of rotatable bonds is 11. The molecule has 1 aliphatic rings. The third-order valence-electron chi connectivity index (χ3n) is 7.56. The molecule has 1 fully saturated rings. The van der Waals surface area contributed by atoms with Crippen molar-refractivity contribution in [1.82, 2.24) is 4.90 Å². The Labute approximate surface area is 253 Å². The zero-order valence-electron chi connectivity index (χ0n) is 27.4. The minimum atomic E-state index is -1.32. The fourth-order valence-electron chi connectivity index (χ4n) is 5.38. The SMILES string of the molecule is CCCCC(CC)N(Cc1ccc(CC(C)(C)C)cc1)C(=Nc1ccc(N(C)C)cc1C)C1C(=O)OC(C)(C)OC1=O. The molecule has 0 spiro atoms. The average molecular weight is 578 g/mol. The van der Waals surface area contributed by atoms with E-state index >= 15 is 0 Å². The van der Waals surface area contributed by atoms with Crippen LogP contribution < -0.4 is 4.90 Å². The number of aliphatic imine (C=N–C) groups is 1. The highest BCUT2D eigenvalue weighted by Gasteiger charge is 2.48. The largest absolute Gasteiger partial charge is 0.422 e. The Morgan fingerprint density at radius 1 is 0.976 bits per heavy atom. The number of esters is 2. The van der Waals surface area contributed by atoms with Gasteiger partial charge in [-0.25, -0.2) is 4.99 Å². The molecule has 2 aromatic carbocycles. The summed E-state index contributed by atoms with van der Waals surface area (Å²) in [6, 6.07) is 14.7. The van der Waals surface area contributed by atoms with Crippen molar-refractivity contribution in [3.63, 3.8) is 0 Å². The van der Waals surface area contributed by atoms with Crippen LogP contribution in [0.15, 0.2) is 47.5 Å². The van der Waals surface area contributed by atoms with E-state index in [2.05, 4.69) is 69.9 Å². The van der Waals surface area contributed by atoms with Crippen molar-refractivity contribution in [2.45, 2.75) is 106 Å². The number of amidine groups is 1. The lowest BCUT2D eigenvalue weighted by molar-refractivity contribution is -0.236. The first-order chi connectivity index (χ1) is 19.6. The van der Waals surface area contributed by atoms with Crippen molar-refractivity contribution in [2.24, 2.45) is 16.3 Å². The van der Waals surface area contributed by atoms with E-state index in [1.807, 2.05) is 38.1 Å². The van der Waals surface area contributed by atoms with Crippen LogP contribution in [0.1, 0.15) is 90.8 Å². The maximum absolute atomic E-state index is 13.5. The summed E-state index contributed by atoms with van der Waals surface area (Å²) in [5, 5.41) is 0. The first kappa shape index (κ1) is 33.2. The van der Waals surface area contributed by atoms with E-state index in [1.54, 1.807) is 13.8 Å². The third-order valence-corrected chi connectivity index (χ3v) is 7.56. The second-order valence-corrected chi connectivity index (χ2v) is 13.4. The molecule has 0 radical (unpaired) electrons. The lowest BCUT2D eigenvalue weighted by Gasteiger charge is -2.39. The summed E-state index contributed by atoms with van der Waals surface area (Å²) in [5.41, 5.74) is 5.27. The van der Waals surface area contributed by atoms with Gasteiger partial charge in [0.05, 0.1) is 5.69 Å². The molecule has 0 N–H and O–H groups in total. The molecular formula is C35H51N3O4. The van der Waals surface area contributed by atoms with Crippen LogP contribution in [-0.2, 0) is 32.0 Å². The molecule has 0 saturated carbocycles. The summed E-state index contributed by atoms with van der Waals surface area (Å²) in [6.07, 6.45) is 4.80. The Morgan fingerprint density at radius 3 is 2.07 bits per heavy atom. The smallest absolute Gasteiger partial charge is 0.331 e. The second kappa shape index (κ2) is 13.7. The molecule has 7 nitrogen and oxygen atoms in total. The van der Waals surface area contributed by atoms with Gasteiger partial charge in [-0.15, -0.1) is 0 Å². The molecular weight excluding hydrogens is 526 g/mol. The molecule has 230 valence electrons. The summed E-state index contributed by atoms with van der Waals surface area (Å²) in [6.45, 7) is 16.7. The predicted octanol–water partition coefficient (Wildman–Crippen LogP) is 7.60. The number of cyclic esters (lactones) is 2. The number of carbonyl (C=O) groups excluding carboxylic acids is 2. The quantitative estimate of drug-likeness (QED) is 0.119. The van der Waals surface area contributed by atoms with Crippen molar-refractivity contribution >= 4 is 29.1 Å². The summed E-state index contributed by atoms with van der Waals surface area (Å²) in [4.78, 5) is 36.3. The summed E-state index contributed by atoms with van der Waals surface area (Å²) in [7, 11) is 3.99. The average Bonchev–Trinajstić information content (AvgIpc) is 2.87. The Hall–Kier alpha value is -3.35. The molecule has 0 aliphatic carbocycles. The van der Waals surface area contributed by atoms with Crippen LogP contribution in [0, 0.1) is 18.3 Å². The van der Waals surface area contributed by atoms with Crippen LogP contribution in [0.5, 0.6) is 0 Å². The number of carbonyl (C=O) groups is 2. The Morgan fingerprint density at radius 2 is 1.57 bits per heavy atom. The second-order valence-electron chi connectivity index (χ2n) is 13.4. The van der Waals surface area contributed by atoms with E-state index < -0.39 is 23.6 Å². The molecule has 1 unspecified atom stereocenters. The maximum Gasteiger partial charge on any atom is 0.331 e. The Kier molecular flexibility index (Phi) is 10.9. The first-order valence-electron chi connectivity index (χ1n) is 15.3. The van der Waals surface area contributed by atoms with Crippen molar-refractivity contribution in [2.75, 3.05) is 19.0 Å². The van der Waals surface area contributed by atoms with Crippen LogP contribution >= 0.6 is 0 Å². The molecule has 2 aromatic rings. The number of ether oxygens (including phenoxy) is 2. The summed E-state index contributed by atoms with van der Waals surface area (Å²) in [5.74, 6) is -3.48. The number of hydrogen-bond donors (Lipinski definition) is 0. The van der Waals surface area contributed by atoms with Crippen molar-refractivity contribution in [3.05, 3.63) is 59.2 Å². The van der Waals surface area contributed by atoms with E-state index in [4.69, 9.17) is 14.5 Å². The van der Waals surface area contributed by atoms with Crippen LogP contribution in [0.25, 0.3) is 0 Å². The number of aryl methyl sites for hydroxylation is 1. The van der Waals surface area contributed by atoms with Gasteiger partial charge in [-0.05, 0) is 66.5 Å². The minimum absolute atomic E-state index is 0.0647. The van der Waals surface area contributed by atoms with Gasteiger partial charge in [-0.3, -0.25) is 9.59 Å². The first-order valence-corrected chi connectivity index (χ1v) is 15.3. The van der Waals surface area contributed by atoms with E-state index in [-0.39, 0.29) is 11.5 Å². The monoisotopic (exact) mass is 577 g/mol. The van der Waals surface area contributed by atoms with Crippen LogP contribution in [-0.4, -0.2) is 48.6 Å². The van der Waals surface area contributed by atoms with Crippen molar-refractivity contribution in [1.29, 1.82) is 0 Å². The number of hydrogen-bond acceptors (Lipinski definition) is 6. The van der Waals surface area contributed by atoms with Crippen LogP contribution in [0.2, 0.25) is 0 Å². The van der Waals surface area contributed by atoms with Gasteiger partial charge >= 0.3 is 11.9 Å². The van der Waals surface area contributed by atoms with Gasteiger partial charge in [0.2, 0.25) is 5.92 Å². The lowest BCUT2D eigenvalue weighted by Crippen LogP contribution is -2.54. The van der Waals surface area contributed by atoms with Gasteiger partial charge in [0.15, 0.2) is 0 Å². The molecule has 0 amide bonds. The molecule has 1 aliphatic heterocycles. The molecule has 7 heteroatoms. The minimum Gasteiger partial charge on any atom is -0.422 e. The molecule has 42 heavy (non-hydrogen) atoms. The van der Waals surface area contributed by atoms with Crippen LogP contribution in [0.3, 0.4) is 0 Å². The topological polar surface area (TPSA) is 71.4 Å². The zero-order valence-corrected chi connectivity index (χ0v) is 27.4. The van der Waals surface area contributed by atoms with E-state index in [0.717, 1.165) is 48.9 Å². The van der Waals surface area contributed by atoms with Gasteiger partial charge < -0.3 is 19.3 Å². The fraction of sp³-hybridized carbons (Fsp3) is 0.571.